The summed E-state index contributed by atoms with van der Waals surface area (Å²) < 4.78 is 19.2. The summed E-state index contributed by atoms with van der Waals surface area (Å²) >= 11 is 3.28. The van der Waals surface area contributed by atoms with Crippen molar-refractivity contribution in [3.63, 3.8) is 0 Å². The number of rotatable bonds is 3. The fourth-order valence-electron chi connectivity index (χ4n) is 1.51. The molecular formula is C11H11BrFNO. The molecule has 1 aromatic carbocycles. The van der Waals surface area contributed by atoms with E-state index in [1.807, 2.05) is 6.92 Å². The Morgan fingerprint density at radius 3 is 3.00 bits per heavy atom. The second-order valence-electron chi connectivity index (χ2n) is 3.31. The van der Waals surface area contributed by atoms with Crippen molar-refractivity contribution in [1.29, 1.82) is 0 Å². The lowest BCUT2D eigenvalue weighted by Crippen LogP contribution is -2.11. The predicted molar refractivity (Wildman–Crippen MR) is 61.3 cm³/mol. The van der Waals surface area contributed by atoms with E-state index in [0.717, 1.165) is 17.5 Å². The first-order valence-electron chi connectivity index (χ1n) is 4.78. The smallest absolute Gasteiger partial charge is 0.148 e. The zero-order valence-electron chi connectivity index (χ0n) is 8.31. The highest BCUT2D eigenvalue weighted by Crippen LogP contribution is 2.29. The number of fused-ring (bicyclic) bond motifs is 1. The number of halogens is 2. The lowest BCUT2D eigenvalue weighted by molar-refractivity contribution is 0.599. The SMILES string of the molecule is CCNCc1coc2c(Br)cc(F)cc12. The molecule has 1 heterocycles. The number of furan rings is 1. The van der Waals surface area contributed by atoms with E-state index in [-0.39, 0.29) is 5.82 Å². The van der Waals surface area contributed by atoms with E-state index in [4.69, 9.17) is 4.42 Å². The van der Waals surface area contributed by atoms with Crippen LogP contribution in [0.15, 0.2) is 27.3 Å². The Balaban J connectivity index is 2.49. The molecule has 0 aliphatic heterocycles. The number of benzene rings is 1. The standard InChI is InChI=1S/C11H11BrFNO/c1-2-14-5-7-6-15-11-9(7)3-8(13)4-10(11)12/h3-4,6,14H,2,5H2,1H3. The zero-order chi connectivity index (χ0) is 10.8. The van der Waals surface area contributed by atoms with Crippen LogP contribution < -0.4 is 5.32 Å². The maximum Gasteiger partial charge on any atom is 0.148 e. The molecule has 0 spiro atoms. The first-order chi connectivity index (χ1) is 7.22. The Morgan fingerprint density at radius 1 is 1.47 bits per heavy atom. The van der Waals surface area contributed by atoms with Crippen molar-refractivity contribution in [3.8, 4) is 0 Å². The van der Waals surface area contributed by atoms with Crippen LogP contribution in [0.3, 0.4) is 0 Å². The van der Waals surface area contributed by atoms with E-state index in [1.54, 1.807) is 6.26 Å². The topological polar surface area (TPSA) is 25.2 Å². The summed E-state index contributed by atoms with van der Waals surface area (Å²) in [6.45, 7) is 3.60. The molecule has 2 nitrogen and oxygen atoms in total. The molecule has 0 fully saturated rings. The van der Waals surface area contributed by atoms with E-state index < -0.39 is 0 Å². The minimum absolute atomic E-state index is 0.256. The Labute approximate surface area is 95.6 Å². The summed E-state index contributed by atoms with van der Waals surface area (Å²) in [4.78, 5) is 0. The number of nitrogens with one attached hydrogen (secondary N) is 1. The lowest BCUT2D eigenvalue weighted by Gasteiger charge is -1.99. The molecule has 15 heavy (non-hydrogen) atoms. The van der Waals surface area contributed by atoms with Gasteiger partial charge in [0.2, 0.25) is 0 Å². The van der Waals surface area contributed by atoms with Crippen molar-refractivity contribution in [1.82, 2.24) is 5.32 Å². The largest absolute Gasteiger partial charge is 0.463 e. The number of hydrogen-bond acceptors (Lipinski definition) is 2. The summed E-state index contributed by atoms with van der Waals surface area (Å²) in [5.74, 6) is -0.256. The molecule has 0 bridgehead atoms. The lowest BCUT2D eigenvalue weighted by atomic mass is 10.2. The molecule has 0 saturated heterocycles. The molecule has 1 aromatic heterocycles. The van der Waals surface area contributed by atoms with Gasteiger partial charge in [-0.2, -0.15) is 0 Å². The molecule has 80 valence electrons. The van der Waals surface area contributed by atoms with Crippen molar-refractivity contribution >= 4 is 26.9 Å². The fraction of sp³-hybridized carbons (Fsp3) is 0.273. The molecule has 0 unspecified atom stereocenters. The molecule has 0 atom stereocenters. The third-order valence-corrected chi connectivity index (χ3v) is 2.83. The highest BCUT2D eigenvalue weighted by molar-refractivity contribution is 9.10. The van der Waals surface area contributed by atoms with Gasteiger partial charge in [0.25, 0.3) is 0 Å². The Hall–Kier alpha value is -0.870. The molecule has 0 aliphatic carbocycles. The second kappa shape index (κ2) is 4.33. The van der Waals surface area contributed by atoms with E-state index in [0.29, 0.717) is 16.6 Å². The molecule has 2 rings (SSSR count). The van der Waals surface area contributed by atoms with Gasteiger partial charge >= 0.3 is 0 Å². The van der Waals surface area contributed by atoms with Crippen LogP contribution in [0.2, 0.25) is 0 Å². The van der Waals surface area contributed by atoms with Gasteiger partial charge in [-0.25, -0.2) is 4.39 Å². The monoisotopic (exact) mass is 271 g/mol. The van der Waals surface area contributed by atoms with Gasteiger partial charge in [-0.1, -0.05) is 6.92 Å². The minimum Gasteiger partial charge on any atom is -0.463 e. The normalized spacial score (nSPS) is 11.1. The van der Waals surface area contributed by atoms with Crippen molar-refractivity contribution in [2.75, 3.05) is 6.54 Å². The van der Waals surface area contributed by atoms with Crippen molar-refractivity contribution in [3.05, 3.63) is 34.2 Å². The van der Waals surface area contributed by atoms with Crippen LogP contribution in [0.1, 0.15) is 12.5 Å². The average Bonchev–Trinajstić information content (AvgIpc) is 2.58. The Bertz CT molecular complexity index is 481. The molecule has 4 heteroatoms. The van der Waals surface area contributed by atoms with Crippen LogP contribution in [0.5, 0.6) is 0 Å². The van der Waals surface area contributed by atoms with Crippen molar-refractivity contribution < 1.29 is 8.81 Å². The van der Waals surface area contributed by atoms with Crippen LogP contribution in [-0.4, -0.2) is 6.54 Å². The van der Waals surface area contributed by atoms with E-state index in [2.05, 4.69) is 21.2 Å². The summed E-state index contributed by atoms with van der Waals surface area (Å²) in [5.41, 5.74) is 1.68. The summed E-state index contributed by atoms with van der Waals surface area (Å²) in [5, 5.41) is 4.01. The van der Waals surface area contributed by atoms with Gasteiger partial charge in [-0.3, -0.25) is 0 Å². The summed E-state index contributed by atoms with van der Waals surface area (Å²) in [6, 6.07) is 2.90. The minimum atomic E-state index is -0.256. The second-order valence-corrected chi connectivity index (χ2v) is 4.16. The first-order valence-corrected chi connectivity index (χ1v) is 5.57. The highest BCUT2D eigenvalue weighted by Gasteiger charge is 2.10. The Kier molecular flexibility index (Phi) is 3.07. The summed E-state index contributed by atoms with van der Waals surface area (Å²) in [6.07, 6.45) is 1.66. The van der Waals surface area contributed by atoms with Gasteiger partial charge in [0.15, 0.2) is 0 Å². The number of hydrogen-bond donors (Lipinski definition) is 1. The van der Waals surface area contributed by atoms with E-state index in [1.165, 1.54) is 12.1 Å². The molecule has 0 amide bonds. The van der Waals surface area contributed by atoms with Crippen molar-refractivity contribution in [2.45, 2.75) is 13.5 Å². The van der Waals surface area contributed by atoms with Crippen LogP contribution in [0.4, 0.5) is 4.39 Å². The molecule has 2 aromatic rings. The van der Waals surface area contributed by atoms with Gasteiger partial charge in [-0.15, -0.1) is 0 Å². The van der Waals surface area contributed by atoms with E-state index in [9.17, 15) is 4.39 Å². The van der Waals surface area contributed by atoms with Crippen LogP contribution in [0, 0.1) is 5.82 Å². The predicted octanol–water partition coefficient (Wildman–Crippen LogP) is 3.44. The average molecular weight is 272 g/mol. The third kappa shape index (κ3) is 2.06. The maximum atomic E-state index is 13.2. The third-order valence-electron chi connectivity index (χ3n) is 2.24. The molecular weight excluding hydrogens is 261 g/mol. The van der Waals surface area contributed by atoms with Gasteiger partial charge < -0.3 is 9.73 Å². The quantitative estimate of drug-likeness (QED) is 0.925. The van der Waals surface area contributed by atoms with E-state index >= 15 is 0 Å². The van der Waals surface area contributed by atoms with Gasteiger partial charge in [0, 0.05) is 17.5 Å². The van der Waals surface area contributed by atoms with Crippen LogP contribution in [0.25, 0.3) is 11.0 Å². The highest BCUT2D eigenvalue weighted by atomic mass is 79.9. The van der Waals surface area contributed by atoms with Gasteiger partial charge in [0.05, 0.1) is 10.7 Å². The summed E-state index contributed by atoms with van der Waals surface area (Å²) in [7, 11) is 0. The van der Waals surface area contributed by atoms with Gasteiger partial charge in [0.1, 0.15) is 11.4 Å². The first kappa shape index (κ1) is 10.6. The molecule has 0 saturated carbocycles. The van der Waals surface area contributed by atoms with Crippen LogP contribution >= 0.6 is 15.9 Å². The molecule has 0 aliphatic rings. The Morgan fingerprint density at radius 2 is 2.27 bits per heavy atom. The van der Waals surface area contributed by atoms with Crippen LogP contribution in [-0.2, 0) is 6.54 Å². The van der Waals surface area contributed by atoms with Gasteiger partial charge in [-0.05, 0) is 34.6 Å². The molecule has 1 N–H and O–H groups in total. The maximum absolute atomic E-state index is 13.2. The van der Waals surface area contributed by atoms with Crippen molar-refractivity contribution in [2.24, 2.45) is 0 Å². The zero-order valence-corrected chi connectivity index (χ0v) is 9.90. The molecule has 0 radical (unpaired) electrons. The fourth-order valence-corrected chi connectivity index (χ4v) is 2.03.